The lowest BCUT2D eigenvalue weighted by Crippen LogP contribution is -2.46. The molecule has 1 aromatic carbocycles. The Kier molecular flexibility index (Phi) is 6.52. The van der Waals surface area contributed by atoms with Gasteiger partial charge >= 0.3 is 0 Å². The smallest absolute Gasteiger partial charge is 0.270 e. The molecule has 0 aliphatic carbocycles. The summed E-state index contributed by atoms with van der Waals surface area (Å²) in [4.78, 5) is 39.6. The van der Waals surface area contributed by atoms with E-state index >= 15 is 0 Å². The summed E-state index contributed by atoms with van der Waals surface area (Å²) in [5, 5.41) is 2.76. The molecule has 0 saturated carbocycles. The van der Waals surface area contributed by atoms with Crippen molar-refractivity contribution in [2.45, 2.75) is 26.2 Å². The van der Waals surface area contributed by atoms with Crippen LogP contribution in [0, 0.1) is 0 Å². The lowest BCUT2D eigenvalue weighted by atomic mass is 9.87. The first-order chi connectivity index (χ1) is 12.7. The molecular formula is C19H21ClN4O3. The second-order valence-corrected chi connectivity index (χ2v) is 7.31. The van der Waals surface area contributed by atoms with Gasteiger partial charge in [-0.2, -0.15) is 0 Å². The topological polar surface area (TPSA) is 100 Å². The third-order valence-corrected chi connectivity index (χ3v) is 3.93. The van der Waals surface area contributed by atoms with Crippen molar-refractivity contribution in [3.05, 3.63) is 64.4 Å². The summed E-state index contributed by atoms with van der Waals surface area (Å²) in [5.74, 6) is -1.58. The molecule has 0 aliphatic rings. The number of amides is 3. The van der Waals surface area contributed by atoms with Crippen LogP contribution >= 0.6 is 11.6 Å². The van der Waals surface area contributed by atoms with E-state index in [0.29, 0.717) is 10.6 Å². The van der Waals surface area contributed by atoms with E-state index in [1.165, 1.54) is 18.3 Å². The van der Waals surface area contributed by atoms with Gasteiger partial charge in [-0.25, -0.2) is 0 Å². The predicted molar refractivity (Wildman–Crippen MR) is 102 cm³/mol. The van der Waals surface area contributed by atoms with E-state index in [1.54, 1.807) is 12.1 Å². The number of pyridine rings is 1. The number of carbonyl (C=O) groups excluding carboxylic acids is 3. The van der Waals surface area contributed by atoms with Gasteiger partial charge in [-0.05, 0) is 35.2 Å². The molecule has 0 bridgehead atoms. The highest BCUT2D eigenvalue weighted by Gasteiger charge is 2.15. The second-order valence-electron chi connectivity index (χ2n) is 6.87. The summed E-state index contributed by atoms with van der Waals surface area (Å²) < 4.78 is 0. The monoisotopic (exact) mass is 388 g/mol. The number of hydrazine groups is 1. The lowest BCUT2D eigenvalue weighted by molar-refractivity contribution is -0.120. The average molecular weight is 389 g/mol. The fourth-order valence-electron chi connectivity index (χ4n) is 2.14. The highest BCUT2D eigenvalue weighted by atomic mass is 35.5. The van der Waals surface area contributed by atoms with Gasteiger partial charge in [0.1, 0.15) is 5.69 Å². The van der Waals surface area contributed by atoms with E-state index in [1.807, 2.05) is 12.1 Å². The minimum Gasteiger partial charge on any atom is -0.342 e. The van der Waals surface area contributed by atoms with Crippen LogP contribution in [0.15, 0.2) is 42.6 Å². The summed E-state index contributed by atoms with van der Waals surface area (Å²) in [6, 6.07) is 10.0. The predicted octanol–water partition coefficient (Wildman–Crippen LogP) is 2.22. The summed E-state index contributed by atoms with van der Waals surface area (Å²) in [6.07, 6.45) is 1.39. The van der Waals surface area contributed by atoms with Gasteiger partial charge in [0, 0.05) is 16.8 Å². The summed E-state index contributed by atoms with van der Waals surface area (Å²) >= 11 is 5.78. The minimum absolute atomic E-state index is 0.0146. The van der Waals surface area contributed by atoms with Crippen molar-refractivity contribution in [2.24, 2.45) is 0 Å². The van der Waals surface area contributed by atoms with Crippen molar-refractivity contribution in [3.8, 4) is 0 Å². The van der Waals surface area contributed by atoms with E-state index in [0.717, 1.165) is 5.56 Å². The van der Waals surface area contributed by atoms with E-state index in [4.69, 9.17) is 11.6 Å². The average Bonchev–Trinajstić information content (AvgIpc) is 2.63. The van der Waals surface area contributed by atoms with E-state index in [-0.39, 0.29) is 17.7 Å². The van der Waals surface area contributed by atoms with Gasteiger partial charge in [-0.3, -0.25) is 30.2 Å². The molecule has 0 fully saturated rings. The van der Waals surface area contributed by atoms with Crippen LogP contribution in [0.1, 0.15) is 47.2 Å². The minimum atomic E-state index is -0.579. The molecule has 2 rings (SSSR count). The number of halogens is 1. The quantitative estimate of drug-likeness (QED) is 0.699. The SMILES string of the molecule is CC(C)(C)c1ccc(C(=O)NNC(=O)CNC(=O)c2cc(Cl)ccn2)cc1. The Hall–Kier alpha value is -2.93. The first kappa shape index (κ1) is 20.4. The van der Waals surface area contributed by atoms with Crippen LogP contribution in [-0.2, 0) is 10.2 Å². The van der Waals surface area contributed by atoms with Crippen molar-refractivity contribution in [3.63, 3.8) is 0 Å². The maximum atomic E-state index is 12.1. The van der Waals surface area contributed by atoms with Crippen LogP contribution in [-0.4, -0.2) is 29.3 Å². The van der Waals surface area contributed by atoms with Crippen molar-refractivity contribution in [1.82, 2.24) is 21.2 Å². The molecule has 7 nitrogen and oxygen atoms in total. The zero-order valence-corrected chi connectivity index (χ0v) is 16.1. The number of carbonyl (C=O) groups is 3. The molecule has 27 heavy (non-hydrogen) atoms. The largest absolute Gasteiger partial charge is 0.342 e. The van der Waals surface area contributed by atoms with Gasteiger partial charge < -0.3 is 5.32 Å². The highest BCUT2D eigenvalue weighted by molar-refractivity contribution is 6.30. The molecule has 1 aromatic heterocycles. The Morgan fingerprint density at radius 3 is 2.26 bits per heavy atom. The molecule has 8 heteroatoms. The number of benzene rings is 1. The Bertz CT molecular complexity index is 845. The van der Waals surface area contributed by atoms with Crippen LogP contribution < -0.4 is 16.2 Å². The van der Waals surface area contributed by atoms with Crippen molar-refractivity contribution >= 4 is 29.3 Å². The number of hydrogen-bond acceptors (Lipinski definition) is 4. The molecule has 3 N–H and O–H groups in total. The Labute approximate surface area is 162 Å². The molecule has 2 aromatic rings. The van der Waals surface area contributed by atoms with Crippen LogP contribution in [0.2, 0.25) is 5.02 Å². The van der Waals surface area contributed by atoms with Crippen LogP contribution in [0.3, 0.4) is 0 Å². The maximum Gasteiger partial charge on any atom is 0.270 e. The Morgan fingerprint density at radius 2 is 1.67 bits per heavy atom. The van der Waals surface area contributed by atoms with Crippen molar-refractivity contribution in [1.29, 1.82) is 0 Å². The van der Waals surface area contributed by atoms with Crippen molar-refractivity contribution < 1.29 is 14.4 Å². The molecular weight excluding hydrogens is 368 g/mol. The van der Waals surface area contributed by atoms with Crippen LogP contribution in [0.25, 0.3) is 0 Å². The Morgan fingerprint density at radius 1 is 1.00 bits per heavy atom. The molecule has 0 aliphatic heterocycles. The van der Waals surface area contributed by atoms with E-state index < -0.39 is 17.7 Å². The molecule has 142 valence electrons. The molecule has 3 amide bonds. The number of aromatic nitrogens is 1. The van der Waals surface area contributed by atoms with E-state index in [9.17, 15) is 14.4 Å². The maximum absolute atomic E-state index is 12.1. The van der Waals surface area contributed by atoms with Crippen LogP contribution in [0.4, 0.5) is 0 Å². The lowest BCUT2D eigenvalue weighted by Gasteiger charge is -2.19. The van der Waals surface area contributed by atoms with Gasteiger partial charge in [0.25, 0.3) is 17.7 Å². The highest BCUT2D eigenvalue weighted by Crippen LogP contribution is 2.22. The Balaban J connectivity index is 1.81. The van der Waals surface area contributed by atoms with Gasteiger partial charge in [0.05, 0.1) is 6.54 Å². The first-order valence-electron chi connectivity index (χ1n) is 8.26. The van der Waals surface area contributed by atoms with Crippen molar-refractivity contribution in [2.75, 3.05) is 6.54 Å². The summed E-state index contributed by atoms with van der Waals surface area (Å²) in [6.45, 7) is 5.91. The van der Waals surface area contributed by atoms with Gasteiger partial charge in [-0.1, -0.05) is 44.5 Å². The number of nitrogens with one attached hydrogen (secondary N) is 3. The molecule has 0 spiro atoms. The molecule has 0 radical (unpaired) electrons. The normalized spacial score (nSPS) is 10.8. The molecule has 1 heterocycles. The van der Waals surface area contributed by atoms with Gasteiger partial charge in [0.15, 0.2) is 0 Å². The summed E-state index contributed by atoms with van der Waals surface area (Å²) in [5.41, 5.74) is 6.14. The molecule has 0 atom stereocenters. The number of hydrogen-bond donors (Lipinski definition) is 3. The zero-order chi connectivity index (χ0) is 20.0. The number of rotatable bonds is 4. The molecule has 0 saturated heterocycles. The fraction of sp³-hybridized carbons (Fsp3) is 0.263. The third-order valence-electron chi connectivity index (χ3n) is 3.69. The van der Waals surface area contributed by atoms with Crippen LogP contribution in [0.5, 0.6) is 0 Å². The molecule has 0 unspecified atom stereocenters. The fourth-order valence-corrected chi connectivity index (χ4v) is 2.30. The zero-order valence-electron chi connectivity index (χ0n) is 15.3. The summed E-state index contributed by atoms with van der Waals surface area (Å²) in [7, 11) is 0. The second kappa shape index (κ2) is 8.64. The van der Waals surface area contributed by atoms with Gasteiger partial charge in [0.2, 0.25) is 0 Å². The van der Waals surface area contributed by atoms with E-state index in [2.05, 4.69) is 41.9 Å². The third kappa shape index (κ3) is 6.07. The number of nitrogens with zero attached hydrogens (tertiary/aromatic N) is 1. The first-order valence-corrected chi connectivity index (χ1v) is 8.64. The van der Waals surface area contributed by atoms with Gasteiger partial charge in [-0.15, -0.1) is 0 Å². The standard InChI is InChI=1S/C19H21ClN4O3/c1-19(2,3)13-6-4-12(5-7-13)17(26)24-23-16(25)11-22-18(27)15-10-14(20)8-9-21-15/h4-10H,11H2,1-3H3,(H,22,27)(H,23,25)(H,24,26).